The van der Waals surface area contributed by atoms with Crippen LogP contribution in [0.4, 0.5) is 0 Å². The van der Waals surface area contributed by atoms with E-state index in [1.165, 1.54) is 6.42 Å². The summed E-state index contributed by atoms with van der Waals surface area (Å²) in [5.41, 5.74) is 0.0156. The summed E-state index contributed by atoms with van der Waals surface area (Å²) >= 11 is 0. The van der Waals surface area contributed by atoms with Gasteiger partial charge in [-0.05, 0) is 38.0 Å². The van der Waals surface area contributed by atoms with Crippen molar-refractivity contribution < 1.29 is 4.84 Å². The predicted molar refractivity (Wildman–Crippen MR) is 62.3 cm³/mol. The predicted octanol–water partition coefficient (Wildman–Crippen LogP) is 2.94. The molecule has 0 amide bonds. The second-order valence-electron chi connectivity index (χ2n) is 6.31. The highest BCUT2D eigenvalue weighted by Gasteiger charge is 2.54. The van der Waals surface area contributed by atoms with Crippen molar-refractivity contribution in [1.82, 2.24) is 5.06 Å². The molecule has 1 saturated heterocycles. The van der Waals surface area contributed by atoms with E-state index in [9.17, 15) is 0 Å². The maximum atomic E-state index is 6.02. The second kappa shape index (κ2) is 3.46. The van der Waals surface area contributed by atoms with Crippen LogP contribution in [0.15, 0.2) is 0 Å². The van der Waals surface area contributed by atoms with Gasteiger partial charge in [0.1, 0.15) is 0 Å². The molecule has 0 bridgehead atoms. The molecule has 2 heteroatoms. The summed E-state index contributed by atoms with van der Waals surface area (Å²) in [7, 11) is 2.10. The third-order valence-electron chi connectivity index (χ3n) is 4.76. The van der Waals surface area contributed by atoms with E-state index in [1.54, 1.807) is 0 Å². The van der Waals surface area contributed by atoms with Crippen LogP contribution >= 0.6 is 0 Å². The Hall–Kier alpha value is -0.0800. The molecule has 1 aliphatic carbocycles. The summed E-state index contributed by atoms with van der Waals surface area (Å²) in [4.78, 5) is 6.02. The van der Waals surface area contributed by atoms with Crippen LogP contribution in [-0.2, 0) is 4.84 Å². The Bertz CT molecular complexity index is 251. The van der Waals surface area contributed by atoms with Crippen molar-refractivity contribution in [1.29, 1.82) is 0 Å². The maximum Gasteiger partial charge on any atom is 0.0890 e. The fourth-order valence-corrected chi connectivity index (χ4v) is 4.08. The van der Waals surface area contributed by atoms with Crippen molar-refractivity contribution in [2.45, 2.75) is 52.7 Å². The van der Waals surface area contributed by atoms with Gasteiger partial charge in [-0.2, -0.15) is 5.06 Å². The Labute approximate surface area is 93.9 Å². The van der Waals surface area contributed by atoms with Gasteiger partial charge < -0.3 is 0 Å². The zero-order valence-electron chi connectivity index (χ0n) is 10.9. The summed E-state index contributed by atoms with van der Waals surface area (Å²) in [5.74, 6) is 3.04. The van der Waals surface area contributed by atoms with E-state index in [-0.39, 0.29) is 5.60 Å². The molecule has 15 heavy (non-hydrogen) atoms. The quantitative estimate of drug-likeness (QED) is 0.611. The minimum Gasteiger partial charge on any atom is -0.293 e. The Balaban J connectivity index is 2.31. The molecule has 0 N–H and O–H groups in total. The van der Waals surface area contributed by atoms with Crippen molar-refractivity contribution in [2.24, 2.45) is 23.7 Å². The van der Waals surface area contributed by atoms with Gasteiger partial charge in [-0.15, -0.1) is 0 Å². The Morgan fingerprint density at radius 3 is 2.33 bits per heavy atom. The number of fused-ring (bicyclic) bond motifs is 1. The first-order chi connectivity index (χ1) is 6.84. The van der Waals surface area contributed by atoms with Crippen LogP contribution in [0, 0.1) is 23.7 Å². The first-order valence-corrected chi connectivity index (χ1v) is 6.26. The molecule has 0 radical (unpaired) electrons. The van der Waals surface area contributed by atoms with E-state index in [0.717, 1.165) is 17.8 Å². The van der Waals surface area contributed by atoms with Crippen molar-refractivity contribution in [3.05, 3.63) is 0 Å². The molecule has 5 atom stereocenters. The number of nitrogens with zero attached hydrogens (tertiary/aromatic N) is 1. The summed E-state index contributed by atoms with van der Waals surface area (Å²) in [6.07, 6.45) is 1.34. The molecule has 2 aliphatic rings. The topological polar surface area (TPSA) is 12.5 Å². The third kappa shape index (κ3) is 1.62. The van der Waals surface area contributed by atoms with Crippen LogP contribution in [-0.4, -0.2) is 23.8 Å². The van der Waals surface area contributed by atoms with Crippen molar-refractivity contribution in [3.63, 3.8) is 0 Å². The van der Waals surface area contributed by atoms with Crippen molar-refractivity contribution >= 4 is 0 Å². The highest BCUT2D eigenvalue weighted by Crippen LogP contribution is 2.50. The summed E-state index contributed by atoms with van der Waals surface area (Å²) in [5, 5.41) is 2.12. The fourth-order valence-electron chi connectivity index (χ4n) is 4.08. The molecule has 2 nitrogen and oxygen atoms in total. The maximum absolute atomic E-state index is 6.02. The van der Waals surface area contributed by atoms with E-state index < -0.39 is 0 Å². The van der Waals surface area contributed by atoms with Gasteiger partial charge in [-0.3, -0.25) is 4.84 Å². The SMILES string of the molecule is CC1CC(C)C2C(C1C)C(C)(C)ON2C. The first kappa shape index (κ1) is 11.4. The molecule has 2 rings (SSSR count). The molecule has 0 spiro atoms. The zero-order valence-corrected chi connectivity index (χ0v) is 10.9. The lowest BCUT2D eigenvalue weighted by molar-refractivity contribution is -0.182. The molecular weight excluding hydrogens is 186 g/mol. The highest BCUT2D eigenvalue weighted by atomic mass is 16.7. The molecular formula is C13H25NO. The largest absolute Gasteiger partial charge is 0.293 e. The number of hydrogen-bond acceptors (Lipinski definition) is 2. The Morgan fingerprint density at radius 1 is 1.13 bits per heavy atom. The van der Waals surface area contributed by atoms with Gasteiger partial charge in [0.25, 0.3) is 0 Å². The average molecular weight is 211 g/mol. The van der Waals surface area contributed by atoms with Gasteiger partial charge >= 0.3 is 0 Å². The third-order valence-corrected chi connectivity index (χ3v) is 4.76. The smallest absolute Gasteiger partial charge is 0.0890 e. The molecule has 1 heterocycles. The number of hydrogen-bond donors (Lipinski definition) is 0. The zero-order chi connectivity index (χ0) is 11.4. The highest BCUT2D eigenvalue weighted by molar-refractivity contribution is 5.01. The van der Waals surface area contributed by atoms with Crippen molar-refractivity contribution in [2.75, 3.05) is 7.05 Å². The van der Waals surface area contributed by atoms with Gasteiger partial charge in [0.15, 0.2) is 0 Å². The summed E-state index contributed by atoms with van der Waals surface area (Å²) in [6, 6.07) is 0.617. The van der Waals surface area contributed by atoms with Crippen LogP contribution in [0.25, 0.3) is 0 Å². The molecule has 5 unspecified atom stereocenters. The molecule has 2 fully saturated rings. The van der Waals surface area contributed by atoms with Crippen LogP contribution in [0.3, 0.4) is 0 Å². The van der Waals surface area contributed by atoms with E-state index in [2.05, 4.69) is 46.7 Å². The van der Waals surface area contributed by atoms with E-state index in [4.69, 9.17) is 4.84 Å². The molecule has 0 aromatic carbocycles. The molecule has 1 aliphatic heterocycles. The van der Waals surface area contributed by atoms with Gasteiger partial charge in [0, 0.05) is 19.0 Å². The number of hydroxylamine groups is 2. The van der Waals surface area contributed by atoms with Crippen molar-refractivity contribution in [3.8, 4) is 0 Å². The van der Waals surface area contributed by atoms with Crippen LogP contribution in [0.5, 0.6) is 0 Å². The minimum atomic E-state index is 0.0156. The average Bonchev–Trinajstić information content (AvgIpc) is 2.32. The second-order valence-corrected chi connectivity index (χ2v) is 6.31. The molecule has 0 aromatic heterocycles. The van der Waals surface area contributed by atoms with Gasteiger partial charge in [-0.25, -0.2) is 0 Å². The molecule has 1 saturated carbocycles. The normalized spacial score (nSPS) is 50.4. The fraction of sp³-hybridized carbons (Fsp3) is 1.00. The van der Waals surface area contributed by atoms with E-state index in [0.29, 0.717) is 12.0 Å². The van der Waals surface area contributed by atoms with Crippen LogP contribution in [0.2, 0.25) is 0 Å². The lowest BCUT2D eigenvalue weighted by Gasteiger charge is -2.43. The Kier molecular flexibility index (Phi) is 2.63. The molecule has 88 valence electrons. The first-order valence-electron chi connectivity index (χ1n) is 6.26. The number of rotatable bonds is 0. The van der Waals surface area contributed by atoms with E-state index >= 15 is 0 Å². The summed E-state index contributed by atoms with van der Waals surface area (Å²) in [6.45, 7) is 11.7. The van der Waals surface area contributed by atoms with Crippen LogP contribution in [0.1, 0.15) is 41.0 Å². The lowest BCUT2D eigenvalue weighted by Crippen LogP contribution is -2.47. The standard InChI is InChI=1S/C13H25NO/c1-8-7-9(2)12-11(10(8)3)13(4,5)15-14(12)6/h8-12H,7H2,1-6H3. The monoisotopic (exact) mass is 211 g/mol. The van der Waals surface area contributed by atoms with Gasteiger partial charge in [0.2, 0.25) is 0 Å². The van der Waals surface area contributed by atoms with Crippen LogP contribution < -0.4 is 0 Å². The van der Waals surface area contributed by atoms with E-state index in [1.807, 2.05) is 0 Å². The molecule has 0 aromatic rings. The summed E-state index contributed by atoms with van der Waals surface area (Å²) < 4.78 is 0. The van der Waals surface area contributed by atoms with Gasteiger partial charge in [-0.1, -0.05) is 20.8 Å². The Morgan fingerprint density at radius 2 is 1.73 bits per heavy atom. The van der Waals surface area contributed by atoms with Gasteiger partial charge in [0.05, 0.1) is 5.60 Å². The minimum absolute atomic E-state index is 0.0156. The lowest BCUT2D eigenvalue weighted by atomic mass is 9.62.